The predicted octanol–water partition coefficient (Wildman–Crippen LogP) is 9.53. The third kappa shape index (κ3) is 5.29. The van der Waals surface area contributed by atoms with Crippen molar-refractivity contribution in [3.05, 3.63) is 139 Å². The molecule has 6 nitrogen and oxygen atoms in total. The molecule has 0 aliphatic carbocycles. The number of rotatable bonds is 6. The number of benzene rings is 5. The van der Waals surface area contributed by atoms with E-state index in [9.17, 15) is 0 Å². The molecule has 0 atom stereocenters. The van der Waals surface area contributed by atoms with Crippen molar-refractivity contribution in [2.45, 2.75) is 39.5 Å². The van der Waals surface area contributed by atoms with Gasteiger partial charge in [-0.05, 0) is 71.2 Å². The molecule has 0 bridgehead atoms. The normalized spacial score (nSPS) is 12.5. The summed E-state index contributed by atoms with van der Waals surface area (Å²) in [5.74, 6) is 3.67. The first kappa shape index (κ1) is 33.0. The van der Waals surface area contributed by atoms with Gasteiger partial charge in [0, 0.05) is 34.6 Å². The Morgan fingerprint density at radius 3 is 2.12 bits per heavy atom. The molecule has 252 valence electrons. The molecule has 0 saturated carbocycles. The van der Waals surface area contributed by atoms with E-state index in [1.165, 1.54) is 16.6 Å². The predicted molar refractivity (Wildman–Crippen MR) is 205 cm³/mol. The molecule has 0 fully saturated rings. The summed E-state index contributed by atoms with van der Waals surface area (Å²) < 4.78 is 11.1. The SMILES string of the molecule is CC(C)c1cccc(C(C)C)c1B1N(C)c2ccc(Oc3[c-]c4c(cc3)c3ccccc3n4-c3ccccn3)[c-]c2-c2nc3ccccc3n21.[Pt+2]. The molecule has 51 heavy (non-hydrogen) atoms. The third-order valence-electron chi connectivity index (χ3n) is 10.0. The van der Waals surface area contributed by atoms with Crippen LogP contribution in [-0.2, 0) is 21.1 Å². The number of anilines is 1. The third-order valence-corrected chi connectivity index (χ3v) is 10.0. The maximum Gasteiger partial charge on any atom is 2.00 e. The number of ether oxygens (including phenoxy) is 1. The summed E-state index contributed by atoms with van der Waals surface area (Å²) >= 11 is 0. The summed E-state index contributed by atoms with van der Waals surface area (Å²) in [6.45, 7) is 9.07. The van der Waals surface area contributed by atoms with Crippen LogP contribution in [0.2, 0.25) is 0 Å². The second-order valence-electron chi connectivity index (χ2n) is 13.7. The van der Waals surface area contributed by atoms with Crippen LogP contribution < -0.4 is 15.0 Å². The second kappa shape index (κ2) is 12.9. The van der Waals surface area contributed by atoms with Crippen LogP contribution in [0.5, 0.6) is 11.5 Å². The molecule has 8 aromatic rings. The van der Waals surface area contributed by atoms with Gasteiger partial charge in [-0.2, -0.15) is 6.07 Å². The topological polar surface area (TPSA) is 48.1 Å². The van der Waals surface area contributed by atoms with Gasteiger partial charge in [-0.15, -0.1) is 23.6 Å². The summed E-state index contributed by atoms with van der Waals surface area (Å²) in [4.78, 5) is 12.3. The van der Waals surface area contributed by atoms with Gasteiger partial charge < -0.3 is 18.6 Å². The first-order valence-electron chi connectivity index (χ1n) is 17.3. The van der Waals surface area contributed by atoms with Gasteiger partial charge in [-0.1, -0.05) is 111 Å². The number of para-hydroxylation sites is 3. The Balaban J connectivity index is 0.00000374. The number of aromatic nitrogens is 4. The molecule has 3 aromatic heterocycles. The van der Waals surface area contributed by atoms with Crippen molar-refractivity contribution >= 4 is 51.0 Å². The van der Waals surface area contributed by atoms with Gasteiger partial charge in [0.25, 0.3) is 0 Å². The van der Waals surface area contributed by atoms with Gasteiger partial charge >= 0.3 is 28.0 Å². The maximum absolute atomic E-state index is 6.58. The van der Waals surface area contributed by atoms with E-state index in [1.807, 2.05) is 36.5 Å². The summed E-state index contributed by atoms with van der Waals surface area (Å²) in [5.41, 5.74) is 10.1. The zero-order valence-corrected chi connectivity index (χ0v) is 31.4. The van der Waals surface area contributed by atoms with Crippen LogP contribution in [0.1, 0.15) is 50.7 Å². The van der Waals surface area contributed by atoms with Gasteiger partial charge in [0.05, 0.1) is 5.52 Å². The van der Waals surface area contributed by atoms with Gasteiger partial charge in [-0.3, -0.25) is 4.98 Å². The summed E-state index contributed by atoms with van der Waals surface area (Å²) in [7, 11) is 2.19. The van der Waals surface area contributed by atoms with Crippen molar-refractivity contribution in [3.63, 3.8) is 0 Å². The molecule has 1 aliphatic heterocycles. The minimum Gasteiger partial charge on any atom is -0.503 e. The second-order valence-corrected chi connectivity index (χ2v) is 13.7. The van der Waals surface area contributed by atoms with E-state index in [-0.39, 0.29) is 28.0 Å². The molecule has 0 unspecified atom stereocenters. The molecule has 4 heterocycles. The summed E-state index contributed by atoms with van der Waals surface area (Å²) in [6.07, 6.45) is 1.82. The van der Waals surface area contributed by atoms with Crippen LogP contribution in [0.15, 0.2) is 115 Å². The zero-order chi connectivity index (χ0) is 34.1. The number of imidazole rings is 1. The van der Waals surface area contributed by atoms with Crippen LogP contribution in [0.25, 0.3) is 50.0 Å². The molecule has 9 rings (SSSR count). The van der Waals surface area contributed by atoms with Gasteiger partial charge in [-0.25, -0.2) is 4.98 Å². The van der Waals surface area contributed by atoms with Crippen molar-refractivity contribution in [2.24, 2.45) is 0 Å². The molecule has 8 heteroatoms. The number of hydrogen-bond acceptors (Lipinski definition) is 4. The van der Waals surface area contributed by atoms with E-state index >= 15 is 0 Å². The van der Waals surface area contributed by atoms with E-state index in [0.29, 0.717) is 23.3 Å². The molecule has 0 radical (unpaired) electrons. The fourth-order valence-electron chi connectivity index (χ4n) is 7.77. The van der Waals surface area contributed by atoms with Gasteiger partial charge in [0.15, 0.2) is 0 Å². The Morgan fingerprint density at radius 2 is 1.37 bits per heavy atom. The van der Waals surface area contributed by atoms with Crippen LogP contribution >= 0.6 is 0 Å². The van der Waals surface area contributed by atoms with E-state index in [1.54, 1.807) is 0 Å². The minimum atomic E-state index is -0.0784. The van der Waals surface area contributed by atoms with E-state index in [0.717, 1.165) is 55.7 Å². The van der Waals surface area contributed by atoms with Crippen molar-refractivity contribution in [1.29, 1.82) is 0 Å². The number of pyridine rings is 1. The molecule has 0 amide bonds. The fraction of sp³-hybridized carbons (Fsp3) is 0.163. The van der Waals surface area contributed by atoms with Crippen LogP contribution in [0.3, 0.4) is 0 Å². The van der Waals surface area contributed by atoms with Gasteiger partial charge in [0.1, 0.15) is 5.82 Å². The molecule has 0 saturated heterocycles. The maximum atomic E-state index is 6.58. The number of fused-ring (bicyclic) bond motifs is 8. The van der Waals surface area contributed by atoms with E-state index in [4.69, 9.17) is 9.72 Å². The number of hydrogen-bond donors (Lipinski definition) is 0. The molecule has 0 N–H and O–H groups in total. The van der Waals surface area contributed by atoms with Gasteiger partial charge in [0.2, 0.25) is 0 Å². The van der Waals surface area contributed by atoms with Crippen molar-refractivity contribution in [1.82, 2.24) is 19.0 Å². The fourth-order valence-corrected chi connectivity index (χ4v) is 7.77. The Hall–Kier alpha value is -5.13. The Labute approximate surface area is 313 Å². The molecular weight excluding hydrogens is 808 g/mol. The molecule has 0 spiro atoms. The largest absolute Gasteiger partial charge is 2.00 e. The first-order chi connectivity index (χ1) is 24.4. The monoisotopic (exact) mass is 844 g/mol. The standard InChI is InChI=1S/C43H36BN5O.Pt/c1-27(2)31-14-12-15-32(28(3)4)42(31)44-47(5)37-23-21-29(25-35(37)43-46-36-16-7-9-18-39(36)49(43)44)50-30-20-22-34-33-13-6-8-17-38(33)48(40(34)26-30)41-19-10-11-24-45-41;/h6-24,27-28H,1-5H3;/q-2;+2. The minimum absolute atomic E-state index is 0. The van der Waals surface area contributed by atoms with Crippen LogP contribution in [0, 0.1) is 12.1 Å². The van der Waals surface area contributed by atoms with Crippen molar-refractivity contribution in [3.8, 4) is 28.7 Å². The quantitative estimate of drug-likeness (QED) is 0.124. The Bertz CT molecular complexity index is 2550. The van der Waals surface area contributed by atoms with Crippen LogP contribution in [0.4, 0.5) is 5.69 Å². The molecule has 1 aliphatic rings. The molecular formula is C43H36BN5OPt. The van der Waals surface area contributed by atoms with E-state index in [2.05, 4.69) is 145 Å². The zero-order valence-electron chi connectivity index (χ0n) is 29.2. The van der Waals surface area contributed by atoms with Crippen molar-refractivity contribution in [2.75, 3.05) is 11.9 Å². The van der Waals surface area contributed by atoms with Crippen LogP contribution in [-0.4, -0.2) is 33.0 Å². The van der Waals surface area contributed by atoms with E-state index < -0.39 is 0 Å². The Kier molecular flexibility index (Phi) is 8.35. The Morgan fingerprint density at radius 1 is 0.686 bits per heavy atom. The molecule has 5 aromatic carbocycles. The summed E-state index contributed by atoms with van der Waals surface area (Å²) in [6, 6.07) is 45.0. The summed E-state index contributed by atoms with van der Waals surface area (Å²) in [5, 5.41) is 2.24. The first-order valence-corrected chi connectivity index (χ1v) is 17.3. The average Bonchev–Trinajstić information content (AvgIpc) is 3.68. The number of nitrogens with zero attached hydrogens (tertiary/aromatic N) is 5. The average molecular weight is 845 g/mol. The smallest absolute Gasteiger partial charge is 0.503 e. The van der Waals surface area contributed by atoms with Crippen molar-refractivity contribution < 1.29 is 25.8 Å².